The molecule has 0 spiro atoms. The molecule has 13 heavy (non-hydrogen) atoms. The van der Waals surface area contributed by atoms with Crippen LogP contribution in [0.15, 0.2) is 12.4 Å². The van der Waals surface area contributed by atoms with Crippen LogP contribution in [0.4, 0.5) is 0 Å². The van der Waals surface area contributed by atoms with Crippen LogP contribution in [0.2, 0.25) is 0 Å². The van der Waals surface area contributed by atoms with E-state index in [1.807, 2.05) is 0 Å². The van der Waals surface area contributed by atoms with Crippen molar-refractivity contribution in [1.29, 1.82) is 0 Å². The van der Waals surface area contributed by atoms with Gasteiger partial charge in [-0.25, -0.2) is 4.98 Å². The number of ether oxygens (including phenoxy) is 1. The highest BCUT2D eigenvalue weighted by atomic mass is 16.5. The molecule has 0 aromatic carbocycles. The van der Waals surface area contributed by atoms with Crippen LogP contribution in [0, 0.1) is 0 Å². The summed E-state index contributed by atoms with van der Waals surface area (Å²) in [6.07, 6.45) is 4.48. The average molecular weight is 181 g/mol. The smallest absolute Gasteiger partial charge is 0.231 e. The molecule has 0 saturated heterocycles. The van der Waals surface area contributed by atoms with Crippen molar-refractivity contribution in [3.63, 3.8) is 0 Å². The third kappa shape index (κ3) is 3.38. The third-order valence-electron chi connectivity index (χ3n) is 1.62. The number of methoxy groups -OCH3 is 1. The Morgan fingerprint density at radius 3 is 2.77 bits per heavy atom. The van der Waals surface area contributed by atoms with Crippen LogP contribution in [0.25, 0.3) is 0 Å². The zero-order chi connectivity index (χ0) is 9.52. The summed E-state index contributed by atoms with van der Waals surface area (Å²) in [5.74, 6) is 0.555. The van der Waals surface area contributed by atoms with Gasteiger partial charge in [-0.05, 0) is 13.0 Å². The fourth-order valence-electron chi connectivity index (χ4n) is 0.933. The lowest BCUT2D eigenvalue weighted by Gasteiger charge is -2.02. The Labute approximate surface area is 78.4 Å². The van der Waals surface area contributed by atoms with Crippen LogP contribution < -0.4 is 10.1 Å². The maximum absolute atomic E-state index is 4.90. The van der Waals surface area contributed by atoms with Crippen molar-refractivity contribution in [2.45, 2.75) is 19.9 Å². The lowest BCUT2D eigenvalue weighted by molar-refractivity contribution is 0.395. The van der Waals surface area contributed by atoms with Crippen LogP contribution in [-0.4, -0.2) is 23.6 Å². The van der Waals surface area contributed by atoms with E-state index in [0.29, 0.717) is 5.88 Å². The van der Waals surface area contributed by atoms with E-state index in [0.717, 1.165) is 25.2 Å². The molecule has 0 unspecified atom stereocenters. The molecule has 0 saturated carbocycles. The Morgan fingerprint density at radius 2 is 2.23 bits per heavy atom. The molecule has 72 valence electrons. The van der Waals surface area contributed by atoms with E-state index < -0.39 is 0 Å². The summed E-state index contributed by atoms with van der Waals surface area (Å²) in [4.78, 5) is 8.22. The van der Waals surface area contributed by atoms with Crippen molar-refractivity contribution >= 4 is 0 Å². The lowest BCUT2D eigenvalue weighted by Crippen LogP contribution is -2.14. The minimum absolute atomic E-state index is 0.555. The number of hydrogen-bond donors (Lipinski definition) is 1. The summed E-state index contributed by atoms with van der Waals surface area (Å²) in [6.45, 7) is 3.91. The topological polar surface area (TPSA) is 47.0 Å². The standard InChI is InChI=1S/C9H15N3O/c1-3-4-10-5-8-6-12-9(13-2)7-11-8/h6-7,10H,3-5H2,1-2H3. The second-order valence-electron chi connectivity index (χ2n) is 2.73. The quantitative estimate of drug-likeness (QED) is 0.688. The van der Waals surface area contributed by atoms with Gasteiger partial charge in [0.15, 0.2) is 0 Å². The van der Waals surface area contributed by atoms with E-state index in [4.69, 9.17) is 4.74 Å². The number of rotatable bonds is 5. The zero-order valence-corrected chi connectivity index (χ0v) is 8.08. The Bertz CT molecular complexity index is 235. The van der Waals surface area contributed by atoms with Crippen molar-refractivity contribution in [3.8, 4) is 5.88 Å². The monoisotopic (exact) mass is 181 g/mol. The largest absolute Gasteiger partial charge is 0.480 e. The SMILES string of the molecule is CCCNCc1cnc(OC)cn1. The van der Waals surface area contributed by atoms with Gasteiger partial charge in [0.1, 0.15) is 0 Å². The molecule has 4 heteroatoms. The molecule has 1 rings (SSSR count). The van der Waals surface area contributed by atoms with Gasteiger partial charge >= 0.3 is 0 Å². The average Bonchev–Trinajstić information content (AvgIpc) is 2.19. The molecular weight excluding hydrogens is 166 g/mol. The predicted molar refractivity (Wildman–Crippen MR) is 50.6 cm³/mol. The van der Waals surface area contributed by atoms with Crippen LogP contribution >= 0.6 is 0 Å². The summed E-state index contributed by atoms with van der Waals surface area (Å²) in [5, 5.41) is 3.25. The first kappa shape index (κ1) is 9.92. The highest BCUT2D eigenvalue weighted by molar-refractivity contribution is 5.06. The number of aromatic nitrogens is 2. The van der Waals surface area contributed by atoms with Crippen molar-refractivity contribution < 1.29 is 4.74 Å². The van der Waals surface area contributed by atoms with Gasteiger partial charge in [0.05, 0.1) is 25.2 Å². The molecular formula is C9H15N3O. The summed E-state index contributed by atoms with van der Waals surface area (Å²) in [5.41, 5.74) is 0.939. The van der Waals surface area contributed by atoms with Crippen molar-refractivity contribution in [2.24, 2.45) is 0 Å². The fourth-order valence-corrected chi connectivity index (χ4v) is 0.933. The highest BCUT2D eigenvalue weighted by Crippen LogP contribution is 2.01. The van der Waals surface area contributed by atoms with Gasteiger partial charge in [-0.3, -0.25) is 4.98 Å². The summed E-state index contributed by atoms with van der Waals surface area (Å²) < 4.78 is 4.90. The summed E-state index contributed by atoms with van der Waals surface area (Å²) in [6, 6.07) is 0. The van der Waals surface area contributed by atoms with E-state index in [-0.39, 0.29) is 0 Å². The van der Waals surface area contributed by atoms with E-state index in [9.17, 15) is 0 Å². The van der Waals surface area contributed by atoms with Gasteiger partial charge in [-0.2, -0.15) is 0 Å². The number of nitrogens with one attached hydrogen (secondary N) is 1. The first-order valence-corrected chi connectivity index (χ1v) is 4.42. The van der Waals surface area contributed by atoms with Crippen molar-refractivity contribution in [1.82, 2.24) is 15.3 Å². The van der Waals surface area contributed by atoms with Gasteiger partial charge in [0.2, 0.25) is 5.88 Å². The van der Waals surface area contributed by atoms with Crippen LogP contribution in [-0.2, 0) is 6.54 Å². The first-order chi connectivity index (χ1) is 6.36. The molecule has 0 fully saturated rings. The Morgan fingerprint density at radius 1 is 1.38 bits per heavy atom. The van der Waals surface area contributed by atoms with E-state index in [2.05, 4.69) is 22.2 Å². The molecule has 4 nitrogen and oxygen atoms in total. The normalized spacial score (nSPS) is 10.0. The molecule has 1 heterocycles. The number of nitrogens with zero attached hydrogens (tertiary/aromatic N) is 2. The Balaban J connectivity index is 2.40. The Kier molecular flexibility index (Phi) is 4.18. The lowest BCUT2D eigenvalue weighted by atomic mass is 10.4. The third-order valence-corrected chi connectivity index (χ3v) is 1.62. The minimum Gasteiger partial charge on any atom is -0.480 e. The van der Waals surface area contributed by atoms with Gasteiger partial charge < -0.3 is 10.1 Å². The van der Waals surface area contributed by atoms with Crippen molar-refractivity contribution in [3.05, 3.63) is 18.1 Å². The minimum atomic E-state index is 0.555. The molecule has 1 aromatic heterocycles. The molecule has 0 aliphatic heterocycles. The van der Waals surface area contributed by atoms with E-state index in [1.165, 1.54) is 0 Å². The molecule has 1 N–H and O–H groups in total. The second kappa shape index (κ2) is 5.48. The molecule has 0 atom stereocenters. The van der Waals surface area contributed by atoms with Crippen LogP contribution in [0.5, 0.6) is 5.88 Å². The molecule has 0 aliphatic carbocycles. The van der Waals surface area contributed by atoms with Crippen molar-refractivity contribution in [2.75, 3.05) is 13.7 Å². The summed E-state index contributed by atoms with van der Waals surface area (Å²) >= 11 is 0. The molecule has 0 amide bonds. The molecule has 0 radical (unpaired) electrons. The van der Waals surface area contributed by atoms with Gasteiger partial charge in [0.25, 0.3) is 0 Å². The molecule has 0 aliphatic rings. The van der Waals surface area contributed by atoms with Crippen LogP contribution in [0.3, 0.4) is 0 Å². The zero-order valence-electron chi connectivity index (χ0n) is 8.08. The summed E-state index contributed by atoms with van der Waals surface area (Å²) in [7, 11) is 1.58. The van der Waals surface area contributed by atoms with E-state index >= 15 is 0 Å². The van der Waals surface area contributed by atoms with Gasteiger partial charge in [-0.1, -0.05) is 6.92 Å². The predicted octanol–water partition coefficient (Wildman–Crippen LogP) is 0.985. The van der Waals surface area contributed by atoms with Gasteiger partial charge in [0, 0.05) is 6.54 Å². The Hall–Kier alpha value is -1.16. The van der Waals surface area contributed by atoms with E-state index in [1.54, 1.807) is 19.5 Å². The van der Waals surface area contributed by atoms with Gasteiger partial charge in [-0.15, -0.1) is 0 Å². The molecule has 1 aromatic rings. The maximum atomic E-state index is 4.90. The number of hydrogen-bond acceptors (Lipinski definition) is 4. The molecule has 0 bridgehead atoms. The fraction of sp³-hybridized carbons (Fsp3) is 0.556. The highest BCUT2D eigenvalue weighted by Gasteiger charge is 1.95. The van der Waals surface area contributed by atoms with Crippen LogP contribution in [0.1, 0.15) is 19.0 Å². The second-order valence-corrected chi connectivity index (χ2v) is 2.73. The first-order valence-electron chi connectivity index (χ1n) is 4.42. The maximum Gasteiger partial charge on any atom is 0.231 e.